The number of benzene rings is 1. The summed E-state index contributed by atoms with van der Waals surface area (Å²) in [4.78, 5) is 15.2. The highest BCUT2D eigenvalue weighted by Gasteiger charge is 2.41. The average Bonchev–Trinajstić information content (AvgIpc) is 2.36. The number of carboxylic acids is 1. The van der Waals surface area contributed by atoms with E-state index in [0.717, 1.165) is 35.9 Å². The van der Waals surface area contributed by atoms with Crippen molar-refractivity contribution in [1.29, 1.82) is 0 Å². The van der Waals surface area contributed by atoms with Gasteiger partial charge < -0.3 is 9.84 Å². The summed E-state index contributed by atoms with van der Waals surface area (Å²) in [5.74, 6) is -0.0791. The first-order valence-electron chi connectivity index (χ1n) is 6.43. The van der Waals surface area contributed by atoms with Crippen molar-refractivity contribution in [2.45, 2.75) is 31.3 Å². The Bertz CT molecular complexity index is 614. The van der Waals surface area contributed by atoms with Gasteiger partial charge in [0.2, 0.25) is 0 Å². The number of pyridine rings is 1. The first-order chi connectivity index (χ1) is 9.19. The molecule has 1 fully saturated rings. The van der Waals surface area contributed by atoms with Crippen LogP contribution >= 0.6 is 0 Å². The van der Waals surface area contributed by atoms with E-state index >= 15 is 0 Å². The predicted octanol–water partition coefficient (Wildman–Crippen LogP) is 3.01. The normalized spacial score (nSPS) is 16.8. The molecule has 0 amide bonds. The van der Waals surface area contributed by atoms with Crippen molar-refractivity contribution in [2.24, 2.45) is 0 Å². The third kappa shape index (κ3) is 2.26. The Morgan fingerprint density at radius 3 is 2.84 bits per heavy atom. The molecular weight excluding hydrogens is 242 g/mol. The fourth-order valence-electron chi connectivity index (χ4n) is 2.56. The van der Waals surface area contributed by atoms with Crippen LogP contribution in [0.15, 0.2) is 36.5 Å². The lowest BCUT2D eigenvalue weighted by atomic mass is 9.77. The summed E-state index contributed by atoms with van der Waals surface area (Å²) in [6.07, 6.45) is 4.42. The van der Waals surface area contributed by atoms with Crippen LogP contribution < -0.4 is 4.74 Å². The molecule has 0 aliphatic heterocycles. The molecule has 3 rings (SSSR count). The Labute approximate surface area is 111 Å². The zero-order valence-corrected chi connectivity index (χ0v) is 10.5. The minimum Gasteiger partial charge on any atom is -0.486 e. The zero-order valence-electron chi connectivity index (χ0n) is 10.5. The van der Waals surface area contributed by atoms with E-state index in [9.17, 15) is 4.79 Å². The van der Waals surface area contributed by atoms with Crippen LogP contribution in [0.5, 0.6) is 5.75 Å². The van der Waals surface area contributed by atoms with Crippen LogP contribution in [-0.4, -0.2) is 21.7 Å². The van der Waals surface area contributed by atoms with Crippen LogP contribution in [0, 0.1) is 0 Å². The molecule has 1 N–H and O–H groups in total. The van der Waals surface area contributed by atoms with Crippen molar-refractivity contribution >= 4 is 16.9 Å². The van der Waals surface area contributed by atoms with Crippen molar-refractivity contribution in [3.05, 3.63) is 36.5 Å². The molecule has 1 aromatic carbocycles. The highest BCUT2D eigenvalue weighted by atomic mass is 16.5. The molecule has 0 unspecified atom stereocenters. The number of carboxylic acid groups (broad SMARTS) is 1. The number of fused-ring (bicyclic) bond motifs is 1. The van der Waals surface area contributed by atoms with Gasteiger partial charge >= 0.3 is 5.97 Å². The first kappa shape index (κ1) is 12.0. The van der Waals surface area contributed by atoms with Gasteiger partial charge in [-0.05, 0) is 43.5 Å². The van der Waals surface area contributed by atoms with Gasteiger partial charge in [0, 0.05) is 11.6 Å². The highest BCUT2D eigenvalue weighted by Crippen LogP contribution is 2.41. The molecule has 0 spiro atoms. The molecule has 4 heteroatoms. The van der Waals surface area contributed by atoms with Crippen LogP contribution in [0.4, 0.5) is 0 Å². The maximum absolute atomic E-state index is 11.0. The van der Waals surface area contributed by atoms with Crippen molar-refractivity contribution in [1.82, 2.24) is 4.98 Å². The number of nitrogens with zero attached hydrogens (tertiary/aromatic N) is 1. The quantitative estimate of drug-likeness (QED) is 0.914. The van der Waals surface area contributed by atoms with Gasteiger partial charge in [0.15, 0.2) is 0 Å². The largest absolute Gasteiger partial charge is 0.486 e. The Hall–Kier alpha value is -2.10. The molecule has 0 radical (unpaired) electrons. The van der Waals surface area contributed by atoms with Gasteiger partial charge in [-0.1, -0.05) is 6.07 Å². The number of aromatic nitrogens is 1. The van der Waals surface area contributed by atoms with E-state index in [1.807, 2.05) is 30.3 Å². The van der Waals surface area contributed by atoms with Gasteiger partial charge in [-0.15, -0.1) is 0 Å². The molecule has 1 saturated carbocycles. The maximum Gasteiger partial charge on any atom is 0.307 e. The van der Waals surface area contributed by atoms with Gasteiger partial charge in [0.25, 0.3) is 0 Å². The van der Waals surface area contributed by atoms with Crippen LogP contribution in [-0.2, 0) is 4.79 Å². The lowest BCUT2D eigenvalue weighted by Gasteiger charge is -2.41. The molecule has 0 bridgehead atoms. The Balaban J connectivity index is 1.94. The van der Waals surface area contributed by atoms with E-state index in [1.165, 1.54) is 0 Å². The topological polar surface area (TPSA) is 59.4 Å². The molecule has 1 aliphatic carbocycles. The predicted molar refractivity (Wildman–Crippen MR) is 71.2 cm³/mol. The second kappa shape index (κ2) is 4.53. The van der Waals surface area contributed by atoms with E-state index in [0.29, 0.717) is 0 Å². The lowest BCUT2D eigenvalue weighted by Crippen LogP contribution is -2.45. The minimum atomic E-state index is -0.807. The molecule has 1 aliphatic rings. The summed E-state index contributed by atoms with van der Waals surface area (Å²) in [7, 11) is 0. The second-order valence-electron chi connectivity index (χ2n) is 5.04. The number of hydrogen-bond acceptors (Lipinski definition) is 3. The summed E-state index contributed by atoms with van der Waals surface area (Å²) in [6, 6.07) is 9.50. The monoisotopic (exact) mass is 257 g/mol. The molecule has 1 aromatic heterocycles. The molecule has 1 heterocycles. The molecular formula is C15H15NO3. The Morgan fingerprint density at radius 2 is 2.16 bits per heavy atom. The standard InChI is InChI=1S/C15H15NO3/c17-14(18)10-15(7-3-8-15)19-13-6-1-5-12-11(13)4-2-9-16-12/h1-2,4-6,9H,3,7-8,10H2,(H,17,18). The zero-order chi connectivity index (χ0) is 13.3. The summed E-state index contributed by atoms with van der Waals surface area (Å²) >= 11 is 0. The molecule has 0 saturated heterocycles. The molecule has 98 valence electrons. The number of hydrogen-bond donors (Lipinski definition) is 1. The van der Waals surface area contributed by atoms with Crippen molar-refractivity contribution < 1.29 is 14.6 Å². The van der Waals surface area contributed by atoms with Crippen LogP contribution in [0.3, 0.4) is 0 Å². The van der Waals surface area contributed by atoms with E-state index in [1.54, 1.807) is 6.20 Å². The first-order valence-corrected chi connectivity index (χ1v) is 6.43. The smallest absolute Gasteiger partial charge is 0.307 e. The molecule has 19 heavy (non-hydrogen) atoms. The lowest BCUT2D eigenvalue weighted by molar-refractivity contribution is -0.144. The van der Waals surface area contributed by atoms with E-state index < -0.39 is 11.6 Å². The average molecular weight is 257 g/mol. The summed E-state index contributed by atoms with van der Waals surface area (Å²) < 4.78 is 6.04. The van der Waals surface area contributed by atoms with Crippen molar-refractivity contribution in [3.63, 3.8) is 0 Å². The van der Waals surface area contributed by atoms with Crippen molar-refractivity contribution in [2.75, 3.05) is 0 Å². The molecule has 0 atom stereocenters. The van der Waals surface area contributed by atoms with E-state index in [4.69, 9.17) is 9.84 Å². The van der Waals surface area contributed by atoms with E-state index in [-0.39, 0.29) is 6.42 Å². The summed E-state index contributed by atoms with van der Waals surface area (Å²) in [5.41, 5.74) is 0.334. The fraction of sp³-hybridized carbons (Fsp3) is 0.333. The summed E-state index contributed by atoms with van der Waals surface area (Å²) in [5, 5.41) is 9.95. The molecule has 2 aromatic rings. The fourth-order valence-corrected chi connectivity index (χ4v) is 2.56. The van der Waals surface area contributed by atoms with Gasteiger partial charge in [-0.2, -0.15) is 0 Å². The van der Waals surface area contributed by atoms with Gasteiger partial charge in [-0.25, -0.2) is 0 Å². The van der Waals surface area contributed by atoms with Gasteiger partial charge in [0.05, 0.1) is 11.9 Å². The number of aliphatic carboxylic acids is 1. The van der Waals surface area contributed by atoms with Crippen LogP contribution in [0.25, 0.3) is 10.9 Å². The van der Waals surface area contributed by atoms with E-state index in [2.05, 4.69) is 4.98 Å². The third-order valence-electron chi connectivity index (χ3n) is 3.67. The number of ether oxygens (including phenoxy) is 1. The second-order valence-corrected chi connectivity index (χ2v) is 5.04. The Kier molecular flexibility index (Phi) is 2.85. The summed E-state index contributed by atoms with van der Waals surface area (Å²) in [6.45, 7) is 0. The van der Waals surface area contributed by atoms with Crippen LogP contribution in [0.1, 0.15) is 25.7 Å². The van der Waals surface area contributed by atoms with Gasteiger partial charge in [-0.3, -0.25) is 9.78 Å². The SMILES string of the molecule is O=C(O)CC1(Oc2cccc3ncccc23)CCC1. The van der Waals surface area contributed by atoms with Gasteiger partial charge in [0.1, 0.15) is 11.4 Å². The Morgan fingerprint density at radius 1 is 1.32 bits per heavy atom. The number of carbonyl (C=O) groups is 1. The number of rotatable bonds is 4. The molecule has 4 nitrogen and oxygen atoms in total. The minimum absolute atomic E-state index is 0.0592. The van der Waals surface area contributed by atoms with Crippen LogP contribution in [0.2, 0.25) is 0 Å². The third-order valence-corrected chi connectivity index (χ3v) is 3.67. The maximum atomic E-state index is 11.0. The highest BCUT2D eigenvalue weighted by molar-refractivity contribution is 5.85. The van der Waals surface area contributed by atoms with Crippen molar-refractivity contribution in [3.8, 4) is 5.75 Å².